The van der Waals surface area contributed by atoms with E-state index in [0.717, 1.165) is 12.8 Å². The molecule has 0 atom stereocenters. The van der Waals surface area contributed by atoms with Crippen LogP contribution in [0.15, 0.2) is 18.2 Å². The molecule has 1 saturated carbocycles. The van der Waals surface area contributed by atoms with Gasteiger partial charge in [-0.25, -0.2) is 4.79 Å². The van der Waals surface area contributed by atoms with Crippen LogP contribution >= 0.6 is 0 Å². The number of carbonyl (C=O) groups excluding carboxylic acids is 1. The first kappa shape index (κ1) is 22.7. The molecular weight excluding hydrogens is 348 g/mol. The van der Waals surface area contributed by atoms with Crippen LogP contribution < -0.4 is 10.6 Å². The van der Waals surface area contributed by atoms with Gasteiger partial charge in [0.05, 0.1) is 5.60 Å². The fraction of sp³-hybridized carbons (Fsp3) is 0.708. The van der Waals surface area contributed by atoms with E-state index in [1.54, 1.807) is 0 Å². The molecule has 0 saturated heterocycles. The number of hydrogen-bond donors (Lipinski definition) is 3. The molecule has 0 heterocycles. The van der Waals surface area contributed by atoms with Crippen molar-refractivity contribution in [2.24, 2.45) is 5.41 Å². The summed E-state index contributed by atoms with van der Waals surface area (Å²) >= 11 is 0. The lowest BCUT2D eigenvalue weighted by Gasteiger charge is -2.42. The molecule has 158 valence electrons. The van der Waals surface area contributed by atoms with Crippen LogP contribution in [0, 0.1) is 19.3 Å². The average molecular weight is 389 g/mol. The van der Waals surface area contributed by atoms with E-state index in [1.807, 2.05) is 27.7 Å². The van der Waals surface area contributed by atoms with Gasteiger partial charge >= 0.3 is 6.03 Å². The van der Waals surface area contributed by atoms with Crippen LogP contribution in [0.5, 0.6) is 0 Å². The smallest absolute Gasteiger partial charge is 0.314 e. The Balaban J connectivity index is 2.02. The molecule has 4 nitrogen and oxygen atoms in total. The maximum absolute atomic E-state index is 12.6. The zero-order chi connectivity index (χ0) is 21.0. The molecule has 28 heavy (non-hydrogen) atoms. The molecule has 1 aliphatic rings. The zero-order valence-electron chi connectivity index (χ0n) is 18.7. The molecule has 0 spiro atoms. The Labute approximate surface area is 171 Å². The second-order valence-electron chi connectivity index (χ2n) is 9.46. The number of aryl methyl sites for hydroxylation is 2. The van der Waals surface area contributed by atoms with E-state index in [4.69, 9.17) is 0 Å². The molecular formula is C24H40N2O2. The summed E-state index contributed by atoms with van der Waals surface area (Å²) in [6, 6.07) is 6.54. The Kier molecular flexibility index (Phi) is 7.19. The molecule has 2 amide bonds. The number of aliphatic hydroxyl groups is 1. The third-order valence-corrected chi connectivity index (χ3v) is 7.22. The Morgan fingerprint density at radius 3 is 2.25 bits per heavy atom. The van der Waals surface area contributed by atoms with Gasteiger partial charge in [0.25, 0.3) is 0 Å². The van der Waals surface area contributed by atoms with Gasteiger partial charge in [-0.05, 0) is 50.7 Å². The largest absolute Gasteiger partial charge is 0.389 e. The van der Waals surface area contributed by atoms with E-state index >= 15 is 0 Å². The first-order chi connectivity index (χ1) is 13.1. The summed E-state index contributed by atoms with van der Waals surface area (Å²) in [7, 11) is 0. The SMILES string of the molecule is CCC(O)(CC)C(C)(C)CNC(=O)NCC1(c2ccc(C)cc2C)CCCC1. The number of nitrogens with one attached hydrogen (secondary N) is 2. The molecule has 0 aliphatic heterocycles. The predicted molar refractivity (Wildman–Crippen MR) is 117 cm³/mol. The Bertz CT molecular complexity index is 671. The summed E-state index contributed by atoms with van der Waals surface area (Å²) in [6.45, 7) is 13.5. The molecule has 0 unspecified atom stereocenters. The second-order valence-corrected chi connectivity index (χ2v) is 9.46. The monoisotopic (exact) mass is 388 g/mol. The Hall–Kier alpha value is -1.55. The van der Waals surface area contributed by atoms with Crippen LogP contribution in [0.1, 0.15) is 82.9 Å². The highest BCUT2D eigenvalue weighted by atomic mass is 16.3. The van der Waals surface area contributed by atoms with Crippen molar-refractivity contribution in [1.82, 2.24) is 10.6 Å². The van der Waals surface area contributed by atoms with Crippen LogP contribution in [0.4, 0.5) is 4.79 Å². The minimum Gasteiger partial charge on any atom is -0.389 e. The zero-order valence-corrected chi connectivity index (χ0v) is 18.7. The van der Waals surface area contributed by atoms with Crippen molar-refractivity contribution in [3.63, 3.8) is 0 Å². The minimum atomic E-state index is -0.772. The van der Waals surface area contributed by atoms with Gasteiger partial charge in [0.2, 0.25) is 0 Å². The number of hydrogen-bond acceptors (Lipinski definition) is 2. The van der Waals surface area contributed by atoms with Crippen LogP contribution in [0.25, 0.3) is 0 Å². The van der Waals surface area contributed by atoms with Crippen molar-refractivity contribution in [1.29, 1.82) is 0 Å². The summed E-state index contributed by atoms with van der Waals surface area (Å²) < 4.78 is 0. The van der Waals surface area contributed by atoms with Crippen molar-refractivity contribution < 1.29 is 9.90 Å². The molecule has 0 aromatic heterocycles. The van der Waals surface area contributed by atoms with Gasteiger partial charge in [-0.2, -0.15) is 0 Å². The summed E-state index contributed by atoms with van der Waals surface area (Å²) in [5, 5.41) is 17.0. The molecule has 4 heteroatoms. The number of amides is 2. The maximum Gasteiger partial charge on any atom is 0.314 e. The van der Waals surface area contributed by atoms with E-state index in [-0.39, 0.29) is 16.9 Å². The van der Waals surface area contributed by atoms with Crippen molar-refractivity contribution in [3.05, 3.63) is 34.9 Å². The van der Waals surface area contributed by atoms with Gasteiger partial charge < -0.3 is 15.7 Å². The van der Waals surface area contributed by atoms with Gasteiger partial charge in [-0.1, -0.05) is 64.3 Å². The van der Waals surface area contributed by atoms with Gasteiger partial charge in [0, 0.05) is 23.9 Å². The molecule has 0 bridgehead atoms. The lowest BCUT2D eigenvalue weighted by molar-refractivity contribution is -0.0707. The number of benzene rings is 1. The summed E-state index contributed by atoms with van der Waals surface area (Å²) in [5.74, 6) is 0. The molecule has 3 N–H and O–H groups in total. The van der Waals surface area contributed by atoms with Crippen molar-refractivity contribution in [2.75, 3.05) is 13.1 Å². The topological polar surface area (TPSA) is 61.4 Å². The Morgan fingerprint density at radius 1 is 1.11 bits per heavy atom. The van der Waals surface area contributed by atoms with Gasteiger partial charge in [-0.15, -0.1) is 0 Å². The quantitative estimate of drug-likeness (QED) is 0.587. The van der Waals surface area contributed by atoms with Crippen molar-refractivity contribution >= 4 is 6.03 Å². The average Bonchev–Trinajstić information content (AvgIpc) is 3.13. The lowest BCUT2D eigenvalue weighted by atomic mass is 9.71. The van der Waals surface area contributed by atoms with Crippen LogP contribution in [-0.4, -0.2) is 29.8 Å². The second kappa shape index (κ2) is 8.86. The highest BCUT2D eigenvalue weighted by Crippen LogP contribution is 2.42. The first-order valence-electron chi connectivity index (χ1n) is 10.9. The van der Waals surface area contributed by atoms with E-state index in [1.165, 1.54) is 29.5 Å². The predicted octanol–water partition coefficient (Wildman–Crippen LogP) is 4.99. The fourth-order valence-corrected chi connectivity index (χ4v) is 4.99. The van der Waals surface area contributed by atoms with Gasteiger partial charge in [-0.3, -0.25) is 0 Å². The molecule has 1 aliphatic carbocycles. The van der Waals surface area contributed by atoms with E-state index < -0.39 is 5.60 Å². The lowest BCUT2D eigenvalue weighted by Crippen LogP contribution is -2.52. The third-order valence-electron chi connectivity index (χ3n) is 7.22. The highest BCUT2D eigenvalue weighted by molar-refractivity contribution is 5.74. The molecule has 2 rings (SSSR count). The summed E-state index contributed by atoms with van der Waals surface area (Å²) in [5.41, 5.74) is 2.86. The number of rotatable bonds is 8. The summed E-state index contributed by atoms with van der Waals surface area (Å²) in [4.78, 5) is 12.6. The molecule has 1 aromatic rings. The normalized spacial score (nSPS) is 16.8. The number of urea groups is 1. The van der Waals surface area contributed by atoms with Crippen LogP contribution in [0.2, 0.25) is 0 Å². The minimum absolute atomic E-state index is 0.0399. The van der Waals surface area contributed by atoms with E-state index in [0.29, 0.717) is 25.9 Å². The highest BCUT2D eigenvalue weighted by Gasteiger charge is 2.41. The Morgan fingerprint density at radius 2 is 1.71 bits per heavy atom. The van der Waals surface area contributed by atoms with E-state index in [9.17, 15) is 9.90 Å². The van der Waals surface area contributed by atoms with Crippen molar-refractivity contribution in [2.45, 2.75) is 91.1 Å². The maximum atomic E-state index is 12.6. The first-order valence-corrected chi connectivity index (χ1v) is 10.9. The molecule has 1 aromatic carbocycles. The van der Waals surface area contributed by atoms with E-state index in [2.05, 4.69) is 42.7 Å². The van der Waals surface area contributed by atoms with Crippen LogP contribution in [-0.2, 0) is 5.41 Å². The summed E-state index contributed by atoms with van der Waals surface area (Å²) in [6.07, 6.45) is 6.01. The standard InChI is InChI=1S/C24H40N2O2/c1-7-24(28,8-2)22(5,6)16-25-21(27)26-17-23(13-9-10-14-23)20-12-11-18(3)15-19(20)4/h11-12,15,28H,7-10,13-14,16-17H2,1-6H3,(H2,25,26,27). The number of carbonyl (C=O) groups is 1. The van der Waals surface area contributed by atoms with Crippen LogP contribution in [0.3, 0.4) is 0 Å². The molecule has 1 fully saturated rings. The van der Waals surface area contributed by atoms with Crippen molar-refractivity contribution in [3.8, 4) is 0 Å². The molecule has 0 radical (unpaired) electrons. The fourth-order valence-electron chi connectivity index (χ4n) is 4.99. The van der Waals surface area contributed by atoms with Gasteiger partial charge in [0.15, 0.2) is 0 Å². The van der Waals surface area contributed by atoms with Gasteiger partial charge in [0.1, 0.15) is 0 Å². The third kappa shape index (κ3) is 4.71.